The van der Waals surface area contributed by atoms with E-state index in [1.165, 1.54) is 4.31 Å². The maximum Gasteiger partial charge on any atom is 0.236 e. The third-order valence-corrected chi connectivity index (χ3v) is 6.48. The Labute approximate surface area is 153 Å². The smallest absolute Gasteiger partial charge is 0.236 e. The first kappa shape index (κ1) is 16.8. The zero-order valence-corrected chi connectivity index (χ0v) is 15.4. The van der Waals surface area contributed by atoms with Crippen LogP contribution in [-0.4, -0.2) is 32.8 Å². The molecule has 0 spiro atoms. The summed E-state index contributed by atoms with van der Waals surface area (Å²) in [6, 6.07) is 17.4. The number of hydrogen-bond acceptors (Lipinski definition) is 4. The predicted octanol–water partition coefficient (Wildman–Crippen LogP) is 3.18. The highest BCUT2D eigenvalue weighted by atomic mass is 32.2. The van der Waals surface area contributed by atoms with Crippen LogP contribution in [0.25, 0.3) is 10.9 Å². The lowest BCUT2D eigenvalue weighted by atomic mass is 10.1. The number of nitrogens with zero attached hydrogens (tertiary/aromatic N) is 2. The molecule has 2 heterocycles. The molecular weight excluding hydrogens is 348 g/mol. The van der Waals surface area contributed by atoms with Gasteiger partial charge < -0.3 is 4.74 Å². The van der Waals surface area contributed by atoms with Crippen molar-refractivity contribution in [3.63, 3.8) is 0 Å². The number of hydrogen-bond donors (Lipinski definition) is 0. The summed E-state index contributed by atoms with van der Waals surface area (Å²) in [5, 5.41) is 0.964. The average Bonchev–Trinajstić information content (AvgIpc) is 3.09. The van der Waals surface area contributed by atoms with E-state index in [-0.39, 0.29) is 5.75 Å². The van der Waals surface area contributed by atoms with E-state index in [1.807, 2.05) is 54.6 Å². The van der Waals surface area contributed by atoms with E-state index in [4.69, 9.17) is 4.74 Å². The topological polar surface area (TPSA) is 59.5 Å². The van der Waals surface area contributed by atoms with Crippen LogP contribution in [0.4, 0.5) is 5.82 Å². The van der Waals surface area contributed by atoms with Crippen LogP contribution >= 0.6 is 0 Å². The number of fused-ring (bicyclic) bond motifs is 2. The second-order valence-corrected chi connectivity index (χ2v) is 8.39. The molecule has 134 valence electrons. The lowest BCUT2D eigenvalue weighted by molar-refractivity contribution is 0.419. The lowest BCUT2D eigenvalue weighted by Gasteiger charge is -2.19. The third kappa shape index (κ3) is 3.01. The Bertz CT molecular complexity index is 1050. The highest BCUT2D eigenvalue weighted by Gasteiger charge is 2.31. The van der Waals surface area contributed by atoms with Crippen molar-refractivity contribution in [2.24, 2.45) is 0 Å². The quantitative estimate of drug-likeness (QED) is 0.694. The van der Waals surface area contributed by atoms with Crippen molar-refractivity contribution in [3.05, 3.63) is 65.7 Å². The largest absolute Gasteiger partial charge is 0.494 e. The lowest BCUT2D eigenvalue weighted by Crippen LogP contribution is -2.32. The fraction of sp³-hybridized carbons (Fsp3) is 0.250. The Morgan fingerprint density at radius 3 is 2.69 bits per heavy atom. The van der Waals surface area contributed by atoms with Gasteiger partial charge in [-0.1, -0.05) is 42.5 Å². The van der Waals surface area contributed by atoms with E-state index < -0.39 is 10.0 Å². The minimum Gasteiger partial charge on any atom is -0.494 e. The molecule has 0 saturated carbocycles. The second-order valence-electron chi connectivity index (χ2n) is 6.38. The summed E-state index contributed by atoms with van der Waals surface area (Å²) < 4.78 is 32.7. The van der Waals surface area contributed by atoms with Gasteiger partial charge in [0.25, 0.3) is 0 Å². The number of sulfonamides is 1. The molecule has 3 aromatic rings. The van der Waals surface area contributed by atoms with Gasteiger partial charge in [-0.25, -0.2) is 13.4 Å². The normalized spacial score (nSPS) is 13.8. The minimum absolute atomic E-state index is 0.0715. The fourth-order valence-electron chi connectivity index (χ4n) is 3.37. The first-order chi connectivity index (χ1) is 12.6. The van der Waals surface area contributed by atoms with E-state index in [0.29, 0.717) is 36.5 Å². The van der Waals surface area contributed by atoms with Gasteiger partial charge in [0.2, 0.25) is 10.0 Å². The fourth-order valence-corrected chi connectivity index (χ4v) is 4.88. The van der Waals surface area contributed by atoms with E-state index in [0.717, 1.165) is 16.5 Å². The molecule has 26 heavy (non-hydrogen) atoms. The highest BCUT2D eigenvalue weighted by Crippen LogP contribution is 2.34. The Kier molecular flexibility index (Phi) is 4.28. The summed E-state index contributed by atoms with van der Waals surface area (Å²) >= 11 is 0. The molecule has 0 unspecified atom stereocenters. The molecule has 0 N–H and O–H groups in total. The summed E-state index contributed by atoms with van der Waals surface area (Å²) in [6.07, 6.45) is 1.17. The molecule has 5 nitrogen and oxygen atoms in total. The summed E-state index contributed by atoms with van der Waals surface area (Å²) in [5.74, 6) is 1.26. The summed E-state index contributed by atoms with van der Waals surface area (Å²) in [4.78, 5) is 4.65. The molecule has 0 atom stereocenters. The van der Waals surface area contributed by atoms with Crippen LogP contribution < -0.4 is 9.04 Å². The van der Waals surface area contributed by atoms with Gasteiger partial charge in [-0.05, 0) is 36.1 Å². The number of benzene rings is 2. The monoisotopic (exact) mass is 368 g/mol. The van der Waals surface area contributed by atoms with Crippen molar-refractivity contribution in [1.29, 1.82) is 0 Å². The number of rotatable bonds is 5. The van der Waals surface area contributed by atoms with E-state index >= 15 is 0 Å². The van der Waals surface area contributed by atoms with Crippen LogP contribution in [-0.2, 0) is 22.9 Å². The van der Waals surface area contributed by atoms with Crippen molar-refractivity contribution in [2.45, 2.75) is 12.8 Å². The Hall–Kier alpha value is -2.60. The molecule has 1 aliphatic rings. The van der Waals surface area contributed by atoms with Crippen LogP contribution in [0.15, 0.2) is 54.6 Å². The predicted molar refractivity (Wildman–Crippen MR) is 103 cm³/mol. The van der Waals surface area contributed by atoms with Gasteiger partial charge in [0.1, 0.15) is 17.1 Å². The second kappa shape index (κ2) is 6.61. The van der Waals surface area contributed by atoms with Crippen LogP contribution in [0, 0.1) is 0 Å². The molecule has 1 aliphatic heterocycles. The SMILES string of the molecule is COc1cccc2cc3c(nc12)N(S(=O)(=O)CCc1ccccc1)CC3. The summed E-state index contributed by atoms with van der Waals surface area (Å²) in [6.45, 7) is 0.443. The number of aromatic nitrogens is 1. The maximum absolute atomic E-state index is 12.9. The minimum atomic E-state index is -3.43. The molecule has 4 rings (SSSR count). The first-order valence-electron chi connectivity index (χ1n) is 8.59. The molecule has 6 heteroatoms. The number of methoxy groups -OCH3 is 1. The van der Waals surface area contributed by atoms with Crippen LogP contribution in [0.2, 0.25) is 0 Å². The van der Waals surface area contributed by atoms with Crippen LogP contribution in [0.1, 0.15) is 11.1 Å². The number of anilines is 1. The van der Waals surface area contributed by atoms with Crippen molar-refractivity contribution >= 4 is 26.7 Å². The van der Waals surface area contributed by atoms with E-state index in [2.05, 4.69) is 4.98 Å². The van der Waals surface area contributed by atoms with Crippen molar-refractivity contribution in [2.75, 3.05) is 23.7 Å². The average molecular weight is 368 g/mol. The van der Waals surface area contributed by atoms with Gasteiger partial charge in [-0.3, -0.25) is 4.31 Å². The molecule has 0 bridgehead atoms. The number of ether oxygens (including phenoxy) is 1. The molecular formula is C20H20N2O3S. The van der Waals surface area contributed by atoms with Crippen LogP contribution in [0.3, 0.4) is 0 Å². The van der Waals surface area contributed by atoms with Crippen molar-refractivity contribution in [1.82, 2.24) is 4.98 Å². The Morgan fingerprint density at radius 2 is 1.92 bits per heavy atom. The van der Waals surface area contributed by atoms with Gasteiger partial charge in [0.05, 0.1) is 12.9 Å². The number of para-hydroxylation sites is 1. The first-order valence-corrected chi connectivity index (χ1v) is 10.2. The summed E-state index contributed by atoms with van der Waals surface area (Å²) in [7, 11) is -1.83. The van der Waals surface area contributed by atoms with Crippen molar-refractivity contribution < 1.29 is 13.2 Å². The van der Waals surface area contributed by atoms with Gasteiger partial charge in [-0.2, -0.15) is 0 Å². The summed E-state index contributed by atoms with van der Waals surface area (Å²) in [5.41, 5.74) is 2.68. The highest BCUT2D eigenvalue weighted by molar-refractivity contribution is 7.92. The van der Waals surface area contributed by atoms with Crippen LogP contribution in [0.5, 0.6) is 5.75 Å². The number of pyridine rings is 1. The van der Waals surface area contributed by atoms with Gasteiger partial charge in [0, 0.05) is 11.9 Å². The zero-order valence-electron chi connectivity index (χ0n) is 14.6. The van der Waals surface area contributed by atoms with E-state index in [9.17, 15) is 8.42 Å². The molecule has 0 radical (unpaired) electrons. The molecule has 0 saturated heterocycles. The maximum atomic E-state index is 12.9. The van der Waals surface area contributed by atoms with E-state index in [1.54, 1.807) is 7.11 Å². The van der Waals surface area contributed by atoms with Gasteiger partial charge in [0.15, 0.2) is 0 Å². The standard InChI is InChI=1S/C20H20N2O3S/c1-25-18-9-5-8-16-14-17-10-12-22(20(17)21-19(16)18)26(23,24)13-11-15-6-3-2-4-7-15/h2-9,14H,10-13H2,1H3. The molecule has 1 aromatic heterocycles. The number of aryl methyl sites for hydroxylation is 1. The molecule has 0 fully saturated rings. The van der Waals surface area contributed by atoms with Crippen molar-refractivity contribution in [3.8, 4) is 5.75 Å². The molecule has 2 aromatic carbocycles. The van der Waals surface area contributed by atoms with Gasteiger partial charge >= 0.3 is 0 Å². The zero-order chi connectivity index (χ0) is 18.1. The Morgan fingerprint density at radius 1 is 1.12 bits per heavy atom. The molecule has 0 aliphatic carbocycles. The molecule has 0 amide bonds. The van der Waals surface area contributed by atoms with Gasteiger partial charge in [-0.15, -0.1) is 0 Å². The Balaban J connectivity index is 1.67. The third-order valence-electron chi connectivity index (χ3n) is 4.73.